The molecule has 162 valence electrons. The Labute approximate surface area is 189 Å². The lowest BCUT2D eigenvalue weighted by atomic mass is 10.1. The molecule has 3 aliphatic heterocycles. The van der Waals surface area contributed by atoms with E-state index in [2.05, 4.69) is 10.4 Å². The fourth-order valence-corrected chi connectivity index (χ4v) is 4.13. The molecule has 0 spiro atoms. The maximum atomic E-state index is 13.3. The van der Waals surface area contributed by atoms with Gasteiger partial charge in [0, 0.05) is 25.5 Å². The number of para-hydroxylation sites is 2. The van der Waals surface area contributed by atoms with Crippen LogP contribution in [0.4, 0.5) is 5.69 Å². The highest BCUT2D eigenvalue weighted by Gasteiger charge is 2.26. The molecule has 1 amide bonds. The number of carbonyl (C=O) groups excluding carboxylic acids is 1. The lowest BCUT2D eigenvalue weighted by molar-refractivity contribution is 0.0961. The Hall–Kier alpha value is -3.42. The summed E-state index contributed by atoms with van der Waals surface area (Å²) in [6.45, 7) is 1.28. The zero-order valence-corrected chi connectivity index (χ0v) is 18.0. The molecule has 32 heavy (non-hydrogen) atoms. The van der Waals surface area contributed by atoms with Gasteiger partial charge in [-0.25, -0.2) is 0 Å². The van der Waals surface area contributed by atoms with Crippen LogP contribution in [0.15, 0.2) is 71.8 Å². The van der Waals surface area contributed by atoms with Crippen molar-refractivity contribution in [2.75, 3.05) is 11.9 Å². The molecule has 0 aliphatic carbocycles. The molecule has 1 atom stereocenters. The van der Waals surface area contributed by atoms with E-state index in [9.17, 15) is 9.59 Å². The van der Waals surface area contributed by atoms with Crippen molar-refractivity contribution >= 4 is 23.2 Å². The van der Waals surface area contributed by atoms with Gasteiger partial charge in [0.1, 0.15) is 5.69 Å². The van der Waals surface area contributed by atoms with Crippen molar-refractivity contribution in [2.45, 2.75) is 25.5 Å². The first-order valence-corrected chi connectivity index (χ1v) is 10.8. The average Bonchev–Trinajstić information content (AvgIpc) is 3.43. The van der Waals surface area contributed by atoms with E-state index >= 15 is 0 Å². The summed E-state index contributed by atoms with van der Waals surface area (Å²) in [5, 5.41) is 7.78. The highest BCUT2D eigenvalue weighted by Crippen LogP contribution is 2.26. The number of benzene rings is 2. The summed E-state index contributed by atoms with van der Waals surface area (Å²) in [7, 11) is 0. The van der Waals surface area contributed by atoms with Gasteiger partial charge in [0.25, 0.3) is 11.5 Å². The molecule has 3 aliphatic rings. The van der Waals surface area contributed by atoms with Gasteiger partial charge in [-0.3, -0.25) is 9.59 Å². The molecular weight excluding hydrogens is 428 g/mol. The van der Waals surface area contributed by atoms with Crippen molar-refractivity contribution in [2.24, 2.45) is 0 Å². The molecule has 0 saturated carbocycles. The van der Waals surface area contributed by atoms with Crippen molar-refractivity contribution in [3.63, 3.8) is 0 Å². The van der Waals surface area contributed by atoms with Crippen LogP contribution >= 0.6 is 11.6 Å². The summed E-state index contributed by atoms with van der Waals surface area (Å²) < 4.78 is 8.92. The molecule has 5 rings (SSSR count). The predicted octanol–water partition coefficient (Wildman–Crippen LogP) is 4.22. The molecule has 2 aromatic rings. The molecule has 0 bridgehead atoms. The van der Waals surface area contributed by atoms with Gasteiger partial charge >= 0.3 is 0 Å². The molecule has 7 nitrogen and oxygen atoms in total. The minimum absolute atomic E-state index is 0.0520. The zero-order valence-electron chi connectivity index (χ0n) is 17.2. The fraction of sp³-hybridized carbons (Fsp3) is 0.208. The fourth-order valence-electron chi connectivity index (χ4n) is 3.95. The second kappa shape index (κ2) is 8.61. The lowest BCUT2D eigenvalue weighted by Crippen LogP contribution is -2.21. The third-order valence-corrected chi connectivity index (χ3v) is 5.86. The van der Waals surface area contributed by atoms with Gasteiger partial charge in [0.15, 0.2) is 0 Å². The van der Waals surface area contributed by atoms with Gasteiger partial charge in [0.05, 0.1) is 33.6 Å². The number of hydrogen-bond donors (Lipinski definition) is 1. The normalized spacial score (nSPS) is 15.8. The summed E-state index contributed by atoms with van der Waals surface area (Å²) in [5.74, 6) is -0.387. The molecule has 1 saturated heterocycles. The number of aromatic nitrogens is 3. The van der Waals surface area contributed by atoms with Crippen LogP contribution < -0.4 is 10.9 Å². The van der Waals surface area contributed by atoms with Crippen LogP contribution in [0.5, 0.6) is 0 Å². The van der Waals surface area contributed by atoms with Crippen LogP contribution in [0.3, 0.4) is 0 Å². The van der Waals surface area contributed by atoms with E-state index in [0.29, 0.717) is 39.8 Å². The first kappa shape index (κ1) is 20.5. The predicted molar refractivity (Wildman–Crippen MR) is 123 cm³/mol. The molecule has 0 aromatic heterocycles. The number of pyridine rings is 1. The SMILES string of the molecule is O=C(Nc1ccccc1Cl)c1cn(C[C@H]2CCCO2)cc2c(=O)n(-c3ccccc3)nc1-2. The lowest BCUT2D eigenvalue weighted by Gasteiger charge is -2.16. The van der Waals surface area contributed by atoms with E-state index in [1.807, 2.05) is 22.8 Å². The van der Waals surface area contributed by atoms with Gasteiger partial charge in [-0.2, -0.15) is 9.78 Å². The Morgan fingerprint density at radius 1 is 1.12 bits per heavy atom. The van der Waals surface area contributed by atoms with E-state index in [-0.39, 0.29) is 17.6 Å². The van der Waals surface area contributed by atoms with Crippen LogP contribution in [-0.2, 0) is 11.3 Å². The molecule has 0 radical (unpaired) electrons. The highest BCUT2D eigenvalue weighted by atomic mass is 35.5. The summed E-state index contributed by atoms with van der Waals surface area (Å²) in [4.78, 5) is 26.5. The third-order valence-electron chi connectivity index (χ3n) is 5.53. The monoisotopic (exact) mass is 448 g/mol. The minimum atomic E-state index is -0.387. The van der Waals surface area contributed by atoms with Crippen LogP contribution in [0.2, 0.25) is 5.02 Å². The number of ether oxygens (including phenoxy) is 1. The number of carbonyl (C=O) groups is 1. The number of nitrogens with zero attached hydrogens (tertiary/aromatic N) is 3. The van der Waals surface area contributed by atoms with Crippen molar-refractivity contribution in [1.82, 2.24) is 14.3 Å². The Kier molecular flexibility index (Phi) is 5.51. The number of anilines is 1. The van der Waals surface area contributed by atoms with E-state index in [1.54, 1.807) is 48.8 Å². The number of halogens is 1. The Bertz CT molecular complexity index is 1290. The Morgan fingerprint density at radius 2 is 1.91 bits per heavy atom. The summed E-state index contributed by atoms with van der Waals surface area (Å²) >= 11 is 6.22. The van der Waals surface area contributed by atoms with Gasteiger partial charge in [-0.1, -0.05) is 41.9 Å². The largest absolute Gasteiger partial charge is 0.376 e. The number of fused-ring (bicyclic) bond motifs is 1. The number of hydrogen-bond acceptors (Lipinski definition) is 4. The summed E-state index contributed by atoms with van der Waals surface area (Å²) in [5.41, 5.74) is 1.86. The molecule has 0 unspecified atom stereocenters. The van der Waals surface area contributed by atoms with E-state index in [4.69, 9.17) is 16.3 Å². The standard InChI is InChI=1S/C24H21ClN4O3/c25-20-10-4-5-11-21(20)26-23(30)18-14-28(13-17-9-6-12-32-17)15-19-22(18)27-29(24(19)31)16-7-2-1-3-8-16/h1-5,7-8,10-11,14-15,17H,6,9,12-13H2,(H,26,30)/t17-/m1/s1. The van der Waals surface area contributed by atoms with Crippen LogP contribution in [0, 0.1) is 0 Å². The smallest absolute Gasteiger partial charge is 0.282 e. The van der Waals surface area contributed by atoms with Gasteiger partial charge < -0.3 is 14.6 Å². The number of rotatable bonds is 5. The molecule has 2 aromatic carbocycles. The molecule has 3 heterocycles. The first-order chi connectivity index (χ1) is 15.6. The van der Waals surface area contributed by atoms with Crippen molar-refractivity contribution in [1.29, 1.82) is 0 Å². The van der Waals surface area contributed by atoms with Crippen LogP contribution in [-0.4, -0.2) is 33.0 Å². The van der Waals surface area contributed by atoms with E-state index < -0.39 is 0 Å². The highest BCUT2D eigenvalue weighted by molar-refractivity contribution is 6.34. The van der Waals surface area contributed by atoms with E-state index in [0.717, 1.165) is 19.4 Å². The van der Waals surface area contributed by atoms with Crippen LogP contribution in [0.1, 0.15) is 23.2 Å². The van der Waals surface area contributed by atoms with E-state index in [1.165, 1.54) is 4.68 Å². The maximum Gasteiger partial charge on any atom is 0.282 e. The third kappa shape index (κ3) is 3.92. The Morgan fingerprint density at radius 3 is 2.66 bits per heavy atom. The molecule has 1 fully saturated rings. The second-order valence-corrected chi connectivity index (χ2v) is 8.16. The number of amides is 1. The maximum absolute atomic E-state index is 13.3. The number of nitrogens with one attached hydrogen (secondary N) is 1. The average molecular weight is 449 g/mol. The van der Waals surface area contributed by atoms with Crippen molar-refractivity contribution < 1.29 is 9.53 Å². The van der Waals surface area contributed by atoms with Gasteiger partial charge in [0.2, 0.25) is 0 Å². The quantitative estimate of drug-likeness (QED) is 0.495. The summed E-state index contributed by atoms with van der Waals surface area (Å²) in [6, 6.07) is 16.2. The molecule has 8 heteroatoms. The minimum Gasteiger partial charge on any atom is -0.376 e. The topological polar surface area (TPSA) is 78.2 Å². The molecule has 1 N–H and O–H groups in total. The summed E-state index contributed by atoms with van der Waals surface area (Å²) in [6.07, 6.45) is 5.47. The van der Waals surface area contributed by atoms with Gasteiger partial charge in [-0.05, 0) is 37.1 Å². The zero-order chi connectivity index (χ0) is 22.1. The van der Waals surface area contributed by atoms with Gasteiger partial charge in [-0.15, -0.1) is 0 Å². The first-order valence-electron chi connectivity index (χ1n) is 10.5. The second-order valence-electron chi connectivity index (χ2n) is 7.75. The van der Waals surface area contributed by atoms with Crippen molar-refractivity contribution in [3.8, 4) is 16.9 Å². The van der Waals surface area contributed by atoms with Crippen molar-refractivity contribution in [3.05, 3.63) is 87.9 Å². The Balaban J connectivity index is 1.61. The molecular formula is C24H21ClN4O3. The van der Waals surface area contributed by atoms with Crippen LogP contribution in [0.25, 0.3) is 16.9 Å².